The number of hydrogen-bond donors (Lipinski definition) is 0. The normalized spacial score (nSPS) is 10.4. The van der Waals surface area contributed by atoms with Crippen LogP contribution in [0.3, 0.4) is 0 Å². The summed E-state index contributed by atoms with van der Waals surface area (Å²) in [6.07, 6.45) is 0.634. The first kappa shape index (κ1) is 14.9. The lowest BCUT2D eigenvalue weighted by molar-refractivity contribution is 0.245. The smallest absolute Gasteiger partial charge is 0.162 e. The molecule has 1 aromatic carbocycles. The summed E-state index contributed by atoms with van der Waals surface area (Å²) in [5.41, 5.74) is 0.131. The van der Waals surface area contributed by atoms with Crippen molar-refractivity contribution in [3.05, 3.63) is 23.8 Å². The second kappa shape index (κ2) is 6.66. The van der Waals surface area contributed by atoms with Crippen LogP contribution in [-0.2, 0) is 0 Å². The van der Waals surface area contributed by atoms with Crippen LogP contribution in [0.15, 0.2) is 18.2 Å². The summed E-state index contributed by atoms with van der Waals surface area (Å²) >= 11 is 0. The van der Waals surface area contributed by atoms with Crippen LogP contribution >= 0.6 is 0 Å². The van der Waals surface area contributed by atoms with Crippen molar-refractivity contribution in [1.82, 2.24) is 0 Å². The van der Waals surface area contributed by atoms with Gasteiger partial charge < -0.3 is 9.47 Å². The maximum atomic E-state index is 8.93. The fraction of sp³-hybridized carbons (Fsp3) is 0.467. The number of benzene rings is 1. The molecule has 0 atom stereocenters. The Hall–Kier alpha value is -2.20. The van der Waals surface area contributed by atoms with Gasteiger partial charge in [0.25, 0.3) is 0 Å². The number of nitriles is 2. The van der Waals surface area contributed by atoms with E-state index in [0.29, 0.717) is 36.7 Å². The number of rotatable bonds is 6. The fourth-order valence-electron chi connectivity index (χ4n) is 1.44. The van der Waals surface area contributed by atoms with Crippen molar-refractivity contribution in [2.45, 2.75) is 27.2 Å². The molecule has 0 aliphatic carbocycles. The summed E-state index contributed by atoms with van der Waals surface area (Å²) in [5.74, 6) is 1.17. The van der Waals surface area contributed by atoms with Crippen LogP contribution in [0, 0.1) is 28.1 Å². The van der Waals surface area contributed by atoms with Gasteiger partial charge >= 0.3 is 0 Å². The maximum Gasteiger partial charge on any atom is 0.162 e. The highest BCUT2D eigenvalue weighted by atomic mass is 16.5. The van der Waals surface area contributed by atoms with Crippen LogP contribution in [0.4, 0.5) is 0 Å². The van der Waals surface area contributed by atoms with E-state index in [1.165, 1.54) is 0 Å². The molecule has 100 valence electrons. The Morgan fingerprint density at radius 2 is 1.89 bits per heavy atom. The summed E-state index contributed by atoms with van der Waals surface area (Å²) in [7, 11) is 0. The second-order valence-corrected chi connectivity index (χ2v) is 4.80. The van der Waals surface area contributed by atoms with E-state index in [9.17, 15) is 0 Å². The third-order valence-electron chi connectivity index (χ3n) is 2.66. The standard InChI is InChI=1S/C15H18N2O2/c1-4-18-14-9-12(10-16)5-6-13(14)19-8-7-15(2,3)11-17/h5-6,9H,4,7-8H2,1-3H3. The minimum Gasteiger partial charge on any atom is -0.490 e. The van der Waals surface area contributed by atoms with E-state index in [1.54, 1.807) is 18.2 Å². The Labute approximate surface area is 114 Å². The van der Waals surface area contributed by atoms with Crippen LogP contribution in [-0.4, -0.2) is 13.2 Å². The topological polar surface area (TPSA) is 66.0 Å². The summed E-state index contributed by atoms with van der Waals surface area (Å²) < 4.78 is 11.1. The molecule has 0 aromatic heterocycles. The van der Waals surface area contributed by atoms with Gasteiger partial charge in [-0.15, -0.1) is 0 Å². The zero-order valence-electron chi connectivity index (χ0n) is 11.6. The molecule has 0 unspecified atom stereocenters. The second-order valence-electron chi connectivity index (χ2n) is 4.80. The molecule has 1 rings (SSSR count). The molecule has 1 aromatic rings. The summed E-state index contributed by atoms with van der Waals surface area (Å²) in [4.78, 5) is 0. The van der Waals surface area contributed by atoms with E-state index in [2.05, 4.69) is 12.1 Å². The predicted molar refractivity (Wildman–Crippen MR) is 71.8 cm³/mol. The Balaban J connectivity index is 2.73. The molecule has 4 nitrogen and oxygen atoms in total. The number of ether oxygens (including phenoxy) is 2. The van der Waals surface area contributed by atoms with Crippen LogP contribution in [0.1, 0.15) is 32.8 Å². The molecular weight excluding hydrogens is 240 g/mol. The number of hydrogen-bond acceptors (Lipinski definition) is 4. The lowest BCUT2D eigenvalue weighted by atomic mass is 9.92. The quantitative estimate of drug-likeness (QED) is 0.785. The van der Waals surface area contributed by atoms with Crippen molar-refractivity contribution in [1.29, 1.82) is 10.5 Å². The molecule has 0 spiro atoms. The van der Waals surface area contributed by atoms with Crippen LogP contribution < -0.4 is 9.47 Å². The van der Waals surface area contributed by atoms with Crippen LogP contribution in [0.2, 0.25) is 0 Å². The predicted octanol–water partition coefficient (Wildman–Crippen LogP) is 3.28. The average Bonchev–Trinajstić information content (AvgIpc) is 2.40. The molecule has 0 fully saturated rings. The van der Waals surface area contributed by atoms with Crippen molar-refractivity contribution in [2.24, 2.45) is 5.41 Å². The van der Waals surface area contributed by atoms with Gasteiger partial charge in [-0.3, -0.25) is 0 Å². The molecule has 0 radical (unpaired) electrons. The van der Waals surface area contributed by atoms with E-state index >= 15 is 0 Å². The van der Waals surface area contributed by atoms with E-state index in [0.717, 1.165) is 0 Å². The highest BCUT2D eigenvalue weighted by molar-refractivity contribution is 5.46. The zero-order valence-corrected chi connectivity index (χ0v) is 11.6. The Bertz CT molecular complexity index is 510. The SMILES string of the molecule is CCOc1cc(C#N)ccc1OCCC(C)(C)C#N. The zero-order chi connectivity index (χ0) is 14.3. The highest BCUT2D eigenvalue weighted by Crippen LogP contribution is 2.29. The van der Waals surface area contributed by atoms with Gasteiger partial charge in [0.05, 0.1) is 36.3 Å². The first-order valence-corrected chi connectivity index (χ1v) is 6.23. The van der Waals surface area contributed by atoms with Gasteiger partial charge in [0, 0.05) is 6.07 Å². The Kier molecular flexibility index (Phi) is 5.21. The number of nitrogens with zero attached hydrogens (tertiary/aromatic N) is 2. The first-order valence-electron chi connectivity index (χ1n) is 6.23. The molecule has 0 saturated carbocycles. The average molecular weight is 258 g/mol. The fourth-order valence-corrected chi connectivity index (χ4v) is 1.44. The van der Waals surface area contributed by atoms with E-state index in [-0.39, 0.29) is 0 Å². The molecule has 0 N–H and O–H groups in total. The molecule has 0 aliphatic heterocycles. The molecule has 0 saturated heterocycles. The summed E-state index contributed by atoms with van der Waals surface area (Å²) in [5, 5.41) is 17.8. The van der Waals surface area contributed by atoms with E-state index in [1.807, 2.05) is 20.8 Å². The third kappa shape index (κ3) is 4.52. The van der Waals surface area contributed by atoms with E-state index in [4.69, 9.17) is 20.0 Å². The summed E-state index contributed by atoms with van der Waals surface area (Å²) in [6.45, 7) is 6.57. The van der Waals surface area contributed by atoms with Crippen molar-refractivity contribution in [3.63, 3.8) is 0 Å². The molecule has 0 aliphatic rings. The van der Waals surface area contributed by atoms with Crippen LogP contribution in [0.5, 0.6) is 11.5 Å². The van der Waals surface area contributed by atoms with E-state index < -0.39 is 5.41 Å². The van der Waals surface area contributed by atoms with Gasteiger partial charge in [0.2, 0.25) is 0 Å². The van der Waals surface area contributed by atoms with Gasteiger partial charge in [0.1, 0.15) is 0 Å². The lowest BCUT2D eigenvalue weighted by Crippen LogP contribution is -2.13. The first-order chi connectivity index (χ1) is 9.02. The maximum absolute atomic E-state index is 8.93. The van der Waals surface area contributed by atoms with Crippen LogP contribution in [0.25, 0.3) is 0 Å². The largest absolute Gasteiger partial charge is 0.490 e. The Morgan fingerprint density at radius 3 is 2.47 bits per heavy atom. The van der Waals surface area contributed by atoms with Gasteiger partial charge in [-0.25, -0.2) is 0 Å². The molecular formula is C15H18N2O2. The van der Waals surface area contributed by atoms with Gasteiger partial charge in [0.15, 0.2) is 11.5 Å². The van der Waals surface area contributed by atoms with Crippen molar-refractivity contribution < 1.29 is 9.47 Å². The molecule has 0 bridgehead atoms. The van der Waals surface area contributed by atoms with Gasteiger partial charge in [-0.2, -0.15) is 10.5 Å². The van der Waals surface area contributed by atoms with Gasteiger partial charge in [-0.05, 0) is 39.3 Å². The molecule has 0 amide bonds. The highest BCUT2D eigenvalue weighted by Gasteiger charge is 2.17. The van der Waals surface area contributed by atoms with Gasteiger partial charge in [-0.1, -0.05) is 0 Å². The lowest BCUT2D eigenvalue weighted by Gasteiger charge is -2.16. The summed E-state index contributed by atoms with van der Waals surface area (Å²) in [6, 6.07) is 9.37. The third-order valence-corrected chi connectivity index (χ3v) is 2.66. The Morgan fingerprint density at radius 1 is 1.16 bits per heavy atom. The minimum absolute atomic E-state index is 0.404. The van der Waals surface area contributed by atoms with Crippen molar-refractivity contribution >= 4 is 0 Å². The minimum atomic E-state index is -0.404. The molecule has 0 heterocycles. The van der Waals surface area contributed by atoms with Crippen molar-refractivity contribution in [3.8, 4) is 23.6 Å². The monoisotopic (exact) mass is 258 g/mol. The molecule has 4 heteroatoms. The van der Waals surface area contributed by atoms with Crippen molar-refractivity contribution in [2.75, 3.05) is 13.2 Å². The molecule has 19 heavy (non-hydrogen) atoms.